The Morgan fingerprint density at radius 1 is 1.46 bits per heavy atom. The van der Waals surface area contributed by atoms with Crippen molar-refractivity contribution in [2.75, 3.05) is 29.9 Å². The molecule has 0 aromatic carbocycles. The number of rotatable bonds is 11. The van der Waals surface area contributed by atoms with E-state index >= 15 is 0 Å². The fraction of sp³-hybridized carbons (Fsp3) is 0.500. The zero-order valence-electron chi connectivity index (χ0n) is 15.7. The van der Waals surface area contributed by atoms with Crippen LogP contribution < -0.4 is 10.2 Å². The number of esters is 1. The topological polar surface area (TPSA) is 124 Å². The number of carbonyl (C=O) groups is 1. The molecule has 0 amide bonds. The first kappa shape index (κ1) is 19.6. The van der Waals surface area contributed by atoms with Crippen LogP contribution in [0.15, 0.2) is 29.1 Å². The Morgan fingerprint density at radius 2 is 2.29 bits per heavy atom. The van der Waals surface area contributed by atoms with E-state index in [4.69, 9.17) is 9.15 Å². The summed E-state index contributed by atoms with van der Waals surface area (Å²) in [6, 6.07) is 3.49. The van der Waals surface area contributed by atoms with Gasteiger partial charge in [0.25, 0.3) is 0 Å². The number of hydrogen-bond donors (Lipinski definition) is 1. The number of nitrogens with one attached hydrogen (secondary N) is 1. The predicted molar refractivity (Wildman–Crippen MR) is 101 cm³/mol. The normalized spacial score (nSPS) is 13.2. The fourth-order valence-corrected chi connectivity index (χ4v) is 2.77. The zero-order chi connectivity index (χ0) is 19.9. The van der Waals surface area contributed by atoms with Crippen LogP contribution in [0.2, 0.25) is 0 Å². The van der Waals surface area contributed by atoms with E-state index in [1.165, 1.54) is 12.6 Å². The van der Waals surface area contributed by atoms with Gasteiger partial charge in [0.05, 0.1) is 30.8 Å². The molecule has 0 radical (unpaired) electrons. The molecule has 1 N–H and O–H groups in total. The number of nitro groups is 1. The molecule has 1 aliphatic carbocycles. The highest BCUT2D eigenvalue weighted by atomic mass is 16.6. The van der Waals surface area contributed by atoms with Crippen LogP contribution in [0, 0.1) is 16.0 Å². The molecule has 28 heavy (non-hydrogen) atoms. The molecule has 0 saturated heterocycles. The minimum absolute atomic E-state index is 0.0700. The average Bonchev–Trinajstić information content (AvgIpc) is 3.37. The van der Waals surface area contributed by atoms with Crippen LogP contribution in [0.25, 0.3) is 0 Å². The van der Waals surface area contributed by atoms with E-state index in [1.54, 1.807) is 24.0 Å². The third kappa shape index (κ3) is 5.18. The van der Waals surface area contributed by atoms with Crippen molar-refractivity contribution in [3.8, 4) is 0 Å². The van der Waals surface area contributed by atoms with Crippen molar-refractivity contribution in [1.29, 1.82) is 0 Å². The third-order valence-electron chi connectivity index (χ3n) is 4.36. The number of carbonyl (C=O) groups excluding carboxylic acids is 1. The maximum absolute atomic E-state index is 11.8. The Bertz CT molecular complexity index is 807. The Kier molecular flexibility index (Phi) is 6.41. The highest BCUT2D eigenvalue weighted by Gasteiger charge is 2.29. The van der Waals surface area contributed by atoms with E-state index in [0.29, 0.717) is 18.2 Å². The van der Waals surface area contributed by atoms with Gasteiger partial charge in [0.2, 0.25) is 11.6 Å². The molecule has 0 bridgehead atoms. The predicted octanol–water partition coefficient (Wildman–Crippen LogP) is 2.76. The molecule has 0 spiro atoms. The van der Waals surface area contributed by atoms with Gasteiger partial charge in [-0.2, -0.15) is 0 Å². The molecule has 10 nitrogen and oxygen atoms in total. The van der Waals surface area contributed by atoms with Gasteiger partial charge in [-0.25, -0.2) is 9.97 Å². The van der Waals surface area contributed by atoms with Gasteiger partial charge in [0, 0.05) is 13.1 Å². The van der Waals surface area contributed by atoms with Gasteiger partial charge in [-0.05, 0) is 37.8 Å². The maximum atomic E-state index is 11.8. The van der Waals surface area contributed by atoms with E-state index in [9.17, 15) is 14.9 Å². The first-order valence-electron chi connectivity index (χ1n) is 9.24. The summed E-state index contributed by atoms with van der Waals surface area (Å²) in [6.45, 7) is 3.07. The maximum Gasteiger partial charge on any atom is 0.353 e. The number of anilines is 2. The highest BCUT2D eigenvalue weighted by molar-refractivity contribution is 5.73. The van der Waals surface area contributed by atoms with Gasteiger partial charge >= 0.3 is 11.7 Å². The molecule has 2 aromatic rings. The van der Waals surface area contributed by atoms with Crippen LogP contribution >= 0.6 is 0 Å². The highest BCUT2D eigenvalue weighted by Crippen LogP contribution is 2.35. The van der Waals surface area contributed by atoms with Crippen LogP contribution in [0.3, 0.4) is 0 Å². The van der Waals surface area contributed by atoms with Crippen molar-refractivity contribution < 1.29 is 18.9 Å². The second-order valence-electron chi connectivity index (χ2n) is 6.53. The van der Waals surface area contributed by atoms with Crippen LogP contribution in [-0.2, 0) is 16.1 Å². The monoisotopic (exact) mass is 389 g/mol. The van der Waals surface area contributed by atoms with Gasteiger partial charge in [-0.3, -0.25) is 14.9 Å². The molecule has 1 aliphatic rings. The zero-order valence-corrected chi connectivity index (χ0v) is 15.7. The number of ether oxygens (including phenoxy) is 1. The van der Waals surface area contributed by atoms with E-state index < -0.39 is 4.92 Å². The van der Waals surface area contributed by atoms with Gasteiger partial charge in [0.1, 0.15) is 12.1 Å². The summed E-state index contributed by atoms with van der Waals surface area (Å²) >= 11 is 0. The Labute approximate surface area is 162 Å². The van der Waals surface area contributed by atoms with E-state index in [2.05, 4.69) is 15.3 Å². The van der Waals surface area contributed by atoms with Gasteiger partial charge < -0.3 is 19.4 Å². The first-order chi connectivity index (χ1) is 13.6. The summed E-state index contributed by atoms with van der Waals surface area (Å²) < 4.78 is 10.3. The minimum Gasteiger partial charge on any atom is -0.467 e. The summed E-state index contributed by atoms with van der Waals surface area (Å²) in [5.74, 6) is 1.07. The summed E-state index contributed by atoms with van der Waals surface area (Å²) in [6.07, 6.45) is 5.11. The van der Waals surface area contributed by atoms with Crippen molar-refractivity contribution >= 4 is 23.3 Å². The largest absolute Gasteiger partial charge is 0.467 e. The molecule has 2 aromatic heterocycles. The smallest absolute Gasteiger partial charge is 0.353 e. The number of furan rings is 1. The lowest BCUT2D eigenvalue weighted by atomic mass is 10.3. The molecule has 0 unspecified atom stereocenters. The van der Waals surface area contributed by atoms with E-state index in [1.807, 2.05) is 0 Å². The average molecular weight is 389 g/mol. The Hall–Kier alpha value is -3.17. The Balaban J connectivity index is 1.86. The summed E-state index contributed by atoms with van der Waals surface area (Å²) in [4.78, 5) is 32.9. The lowest BCUT2D eigenvalue weighted by Crippen LogP contribution is -2.28. The molecular weight excluding hydrogens is 366 g/mol. The number of nitrogens with zero attached hydrogens (tertiary/aromatic N) is 4. The molecular formula is C18H23N5O5. The van der Waals surface area contributed by atoms with Gasteiger partial charge in [-0.1, -0.05) is 0 Å². The van der Waals surface area contributed by atoms with Crippen molar-refractivity contribution in [1.82, 2.24) is 9.97 Å². The SMILES string of the molecule is CCOC(=O)CCN(Cc1ccco1)c1ncnc(NCC2CC2)c1[N+](=O)[O-]. The first-order valence-corrected chi connectivity index (χ1v) is 9.24. The van der Waals surface area contributed by atoms with Crippen molar-refractivity contribution in [3.63, 3.8) is 0 Å². The van der Waals surface area contributed by atoms with Crippen LogP contribution in [-0.4, -0.2) is 40.6 Å². The second kappa shape index (κ2) is 9.16. The fourth-order valence-electron chi connectivity index (χ4n) is 2.77. The van der Waals surface area contributed by atoms with Crippen LogP contribution in [0.5, 0.6) is 0 Å². The van der Waals surface area contributed by atoms with E-state index in [0.717, 1.165) is 12.8 Å². The number of aromatic nitrogens is 2. The van der Waals surface area contributed by atoms with Crippen LogP contribution in [0.1, 0.15) is 31.9 Å². The molecule has 150 valence electrons. The number of hydrogen-bond acceptors (Lipinski definition) is 9. The molecule has 2 heterocycles. The standard InChI is InChI=1S/C18H23N5O5/c1-2-27-15(24)7-8-22(11-14-4-3-9-28-14)18-16(23(25)26)17(20-12-21-18)19-10-13-5-6-13/h3-4,9,12-13H,2,5-8,10-11H2,1H3,(H,19,20,21). The summed E-state index contributed by atoms with van der Waals surface area (Å²) in [5, 5.41) is 14.9. The summed E-state index contributed by atoms with van der Waals surface area (Å²) in [7, 11) is 0. The minimum atomic E-state index is -0.496. The lowest BCUT2D eigenvalue weighted by molar-refractivity contribution is -0.383. The van der Waals surface area contributed by atoms with E-state index in [-0.39, 0.29) is 49.4 Å². The third-order valence-corrected chi connectivity index (χ3v) is 4.36. The lowest BCUT2D eigenvalue weighted by Gasteiger charge is -2.22. The second-order valence-corrected chi connectivity index (χ2v) is 6.53. The van der Waals surface area contributed by atoms with Gasteiger partial charge in [0.15, 0.2) is 0 Å². The molecule has 0 atom stereocenters. The molecule has 1 fully saturated rings. The van der Waals surface area contributed by atoms with Crippen molar-refractivity contribution in [2.24, 2.45) is 5.92 Å². The van der Waals surface area contributed by atoms with Gasteiger partial charge in [-0.15, -0.1) is 0 Å². The molecule has 0 aliphatic heterocycles. The Morgan fingerprint density at radius 3 is 2.93 bits per heavy atom. The molecule has 1 saturated carbocycles. The summed E-state index contributed by atoms with van der Waals surface area (Å²) in [5.41, 5.74) is -0.210. The molecule has 3 rings (SSSR count). The van der Waals surface area contributed by atoms with Crippen molar-refractivity contribution in [2.45, 2.75) is 32.7 Å². The van der Waals surface area contributed by atoms with Crippen molar-refractivity contribution in [3.05, 3.63) is 40.6 Å². The quantitative estimate of drug-likeness (QED) is 0.351. The van der Waals surface area contributed by atoms with Crippen LogP contribution in [0.4, 0.5) is 17.3 Å². The molecule has 10 heteroatoms.